The molecule has 0 aliphatic heterocycles. The van der Waals surface area contributed by atoms with Crippen LogP contribution in [0, 0.1) is 0 Å². The number of ether oxygens (including phenoxy) is 3. The molecule has 124 valence electrons. The number of benzene rings is 1. The minimum absolute atomic E-state index is 0.0164. The average molecular weight is 320 g/mol. The molecule has 0 aliphatic carbocycles. The van der Waals surface area contributed by atoms with Gasteiger partial charge in [-0.3, -0.25) is 0 Å². The molecule has 0 fully saturated rings. The molecule has 0 radical (unpaired) electrons. The van der Waals surface area contributed by atoms with Crippen molar-refractivity contribution < 1.29 is 28.9 Å². The molecular weight excluding hydrogens is 300 g/mol. The predicted molar refractivity (Wildman–Crippen MR) is 83.8 cm³/mol. The second-order valence-electron chi connectivity index (χ2n) is 4.59. The highest BCUT2D eigenvalue weighted by molar-refractivity contribution is 5.82. The molecule has 1 N–H and O–H groups in total. The van der Waals surface area contributed by atoms with Crippen molar-refractivity contribution in [3.05, 3.63) is 54.1 Å². The number of methoxy groups -OCH3 is 3. The van der Waals surface area contributed by atoms with Crippen molar-refractivity contribution >= 4 is 11.9 Å². The predicted octanol–water partition coefficient (Wildman–Crippen LogP) is 1.73. The maximum absolute atomic E-state index is 12.0. The lowest BCUT2D eigenvalue weighted by atomic mass is 9.90. The highest BCUT2D eigenvalue weighted by atomic mass is 16.5. The molecule has 23 heavy (non-hydrogen) atoms. The number of rotatable bonds is 7. The number of hydrogen-bond acceptors (Lipinski definition) is 6. The zero-order chi connectivity index (χ0) is 17.3. The van der Waals surface area contributed by atoms with Crippen molar-refractivity contribution in [1.82, 2.24) is 0 Å². The summed E-state index contributed by atoms with van der Waals surface area (Å²) in [4.78, 5) is 22.9. The second-order valence-corrected chi connectivity index (χ2v) is 4.59. The van der Waals surface area contributed by atoms with Gasteiger partial charge in [0.15, 0.2) is 5.60 Å². The molecule has 6 nitrogen and oxygen atoms in total. The van der Waals surface area contributed by atoms with E-state index >= 15 is 0 Å². The molecular formula is C17H20O6. The Kier molecular flexibility index (Phi) is 7.02. The lowest BCUT2D eigenvalue weighted by Gasteiger charge is -2.24. The molecule has 6 heteroatoms. The average Bonchev–Trinajstić information content (AvgIpc) is 2.60. The Morgan fingerprint density at radius 1 is 1.09 bits per heavy atom. The van der Waals surface area contributed by atoms with Crippen LogP contribution < -0.4 is 4.74 Å². The van der Waals surface area contributed by atoms with Gasteiger partial charge in [-0.05, 0) is 17.7 Å². The molecule has 0 spiro atoms. The number of allylic oxidation sites excluding steroid dienone is 2. The molecule has 0 heterocycles. The van der Waals surface area contributed by atoms with E-state index in [9.17, 15) is 14.7 Å². The Morgan fingerprint density at radius 2 is 1.74 bits per heavy atom. The van der Waals surface area contributed by atoms with Crippen LogP contribution >= 0.6 is 0 Å². The van der Waals surface area contributed by atoms with Crippen molar-refractivity contribution in [2.45, 2.75) is 12.0 Å². The van der Waals surface area contributed by atoms with E-state index in [1.165, 1.54) is 39.6 Å². The van der Waals surface area contributed by atoms with Gasteiger partial charge < -0.3 is 19.3 Å². The first-order chi connectivity index (χ1) is 11.0. The van der Waals surface area contributed by atoms with Gasteiger partial charge in [-0.15, -0.1) is 0 Å². The second kappa shape index (κ2) is 8.75. The van der Waals surface area contributed by atoms with Crippen molar-refractivity contribution in [1.29, 1.82) is 0 Å². The lowest BCUT2D eigenvalue weighted by molar-refractivity contribution is -0.163. The molecule has 1 aromatic carbocycles. The summed E-state index contributed by atoms with van der Waals surface area (Å²) in [5.74, 6) is -0.658. The molecule has 0 saturated heterocycles. The summed E-state index contributed by atoms with van der Waals surface area (Å²) < 4.78 is 14.2. The van der Waals surface area contributed by atoms with Crippen LogP contribution in [0.25, 0.3) is 0 Å². The first kappa shape index (κ1) is 18.4. The fourth-order valence-electron chi connectivity index (χ4n) is 1.87. The molecule has 0 amide bonds. The molecule has 0 aromatic heterocycles. The van der Waals surface area contributed by atoms with Crippen LogP contribution in [-0.4, -0.2) is 38.4 Å². The van der Waals surface area contributed by atoms with Crippen molar-refractivity contribution in [3.8, 4) is 5.75 Å². The molecule has 0 bridgehead atoms. The molecule has 1 atom stereocenters. The summed E-state index contributed by atoms with van der Waals surface area (Å²) in [6, 6.07) is 6.47. The Hall–Kier alpha value is -2.60. The third-order valence-corrected chi connectivity index (χ3v) is 3.18. The summed E-state index contributed by atoms with van der Waals surface area (Å²) in [7, 11) is 4.01. The highest BCUT2D eigenvalue weighted by Gasteiger charge is 2.38. The van der Waals surface area contributed by atoms with Gasteiger partial charge in [-0.25, -0.2) is 9.59 Å². The summed E-state index contributed by atoms with van der Waals surface area (Å²) in [5.41, 5.74) is -1.44. The molecule has 0 aliphatic rings. The van der Waals surface area contributed by atoms with E-state index in [0.29, 0.717) is 11.3 Å². The van der Waals surface area contributed by atoms with Crippen LogP contribution in [0.2, 0.25) is 0 Å². The smallest absolute Gasteiger partial charge is 0.342 e. The monoisotopic (exact) mass is 320 g/mol. The molecule has 1 aromatic rings. The van der Waals surface area contributed by atoms with Crippen molar-refractivity contribution in [2.75, 3.05) is 21.3 Å². The summed E-state index contributed by atoms with van der Waals surface area (Å²) in [6.45, 7) is 0. The summed E-state index contributed by atoms with van der Waals surface area (Å²) in [6.07, 6.45) is 5.76. The van der Waals surface area contributed by atoms with Gasteiger partial charge in [-0.2, -0.15) is 0 Å². The van der Waals surface area contributed by atoms with Crippen LogP contribution in [-0.2, 0) is 24.7 Å². The van der Waals surface area contributed by atoms with E-state index in [1.807, 2.05) is 0 Å². The third-order valence-electron chi connectivity index (χ3n) is 3.18. The maximum atomic E-state index is 12.0. The zero-order valence-corrected chi connectivity index (χ0v) is 13.3. The van der Waals surface area contributed by atoms with Crippen LogP contribution in [0.4, 0.5) is 0 Å². The fraction of sp³-hybridized carbons (Fsp3) is 0.294. The van der Waals surface area contributed by atoms with Crippen molar-refractivity contribution in [3.63, 3.8) is 0 Å². The standard InChI is InChI=1S/C17H20O6/c1-21-14-10-8-13(9-11-14)17(20,16(19)23-3)12-6-4-5-7-15(18)22-2/h4-11,20H,12H2,1-3H3/b6-4+,7-5+. The maximum Gasteiger partial charge on any atom is 0.342 e. The van der Waals surface area contributed by atoms with Gasteiger partial charge in [0.25, 0.3) is 0 Å². The number of esters is 2. The van der Waals surface area contributed by atoms with Gasteiger partial charge in [0.2, 0.25) is 0 Å². The van der Waals surface area contributed by atoms with Crippen LogP contribution in [0.5, 0.6) is 5.75 Å². The SMILES string of the molecule is COC(=O)/C=C/C=C/CC(O)(C(=O)OC)c1ccc(OC)cc1. The fourth-order valence-corrected chi connectivity index (χ4v) is 1.87. The van der Waals surface area contributed by atoms with Gasteiger partial charge in [-0.1, -0.05) is 30.4 Å². The van der Waals surface area contributed by atoms with E-state index in [4.69, 9.17) is 9.47 Å². The Balaban J connectivity index is 2.94. The minimum Gasteiger partial charge on any atom is -0.497 e. The number of aliphatic hydroxyl groups is 1. The van der Waals surface area contributed by atoms with E-state index in [2.05, 4.69) is 4.74 Å². The highest BCUT2D eigenvalue weighted by Crippen LogP contribution is 2.28. The molecule has 1 rings (SSSR count). The Bertz CT molecular complexity index is 588. The van der Waals surface area contributed by atoms with E-state index in [0.717, 1.165) is 0 Å². The summed E-state index contributed by atoms with van der Waals surface area (Å²) >= 11 is 0. The number of hydrogen-bond donors (Lipinski definition) is 1. The summed E-state index contributed by atoms with van der Waals surface area (Å²) in [5, 5.41) is 10.7. The van der Waals surface area contributed by atoms with Gasteiger partial charge in [0, 0.05) is 12.5 Å². The van der Waals surface area contributed by atoms with Gasteiger partial charge in [0.1, 0.15) is 5.75 Å². The molecule has 1 unspecified atom stereocenters. The van der Waals surface area contributed by atoms with E-state index < -0.39 is 17.5 Å². The zero-order valence-electron chi connectivity index (χ0n) is 13.3. The van der Waals surface area contributed by atoms with Crippen LogP contribution in [0.15, 0.2) is 48.6 Å². The van der Waals surface area contributed by atoms with Crippen LogP contribution in [0.1, 0.15) is 12.0 Å². The van der Waals surface area contributed by atoms with Gasteiger partial charge >= 0.3 is 11.9 Å². The Morgan fingerprint density at radius 3 is 2.26 bits per heavy atom. The largest absolute Gasteiger partial charge is 0.497 e. The first-order valence-corrected chi connectivity index (χ1v) is 6.84. The third kappa shape index (κ3) is 4.96. The number of carbonyl (C=O) groups is 2. The topological polar surface area (TPSA) is 82.1 Å². The molecule has 0 saturated carbocycles. The Labute approximate surface area is 135 Å². The normalized spacial score (nSPS) is 13.7. The first-order valence-electron chi connectivity index (χ1n) is 6.84. The lowest BCUT2D eigenvalue weighted by Crippen LogP contribution is -2.36. The quantitative estimate of drug-likeness (QED) is 0.468. The van der Waals surface area contributed by atoms with Crippen LogP contribution in [0.3, 0.4) is 0 Å². The minimum atomic E-state index is -1.82. The number of carbonyl (C=O) groups excluding carboxylic acids is 2. The van der Waals surface area contributed by atoms with E-state index in [-0.39, 0.29) is 6.42 Å². The van der Waals surface area contributed by atoms with E-state index in [1.54, 1.807) is 30.3 Å². The van der Waals surface area contributed by atoms with Gasteiger partial charge in [0.05, 0.1) is 21.3 Å². The van der Waals surface area contributed by atoms with Crippen molar-refractivity contribution in [2.24, 2.45) is 0 Å².